The lowest BCUT2D eigenvalue weighted by atomic mass is 10.2. The van der Waals surface area contributed by atoms with Gasteiger partial charge in [-0.05, 0) is 42.8 Å². The van der Waals surface area contributed by atoms with Crippen LogP contribution in [0.4, 0.5) is 4.39 Å². The first-order valence-electron chi connectivity index (χ1n) is 6.47. The Labute approximate surface area is 121 Å². The van der Waals surface area contributed by atoms with Crippen LogP contribution in [0.2, 0.25) is 0 Å². The van der Waals surface area contributed by atoms with Crippen molar-refractivity contribution in [3.05, 3.63) is 59.4 Å². The summed E-state index contributed by atoms with van der Waals surface area (Å²) in [7, 11) is 0. The topological polar surface area (TPSA) is 55.8 Å². The number of rotatable bonds is 6. The molecule has 4 nitrogen and oxygen atoms in total. The van der Waals surface area contributed by atoms with Crippen LogP contribution >= 0.6 is 0 Å². The highest BCUT2D eigenvalue weighted by molar-refractivity contribution is 5.88. The molecule has 2 rings (SSSR count). The molecule has 0 heterocycles. The molecule has 5 heteroatoms. The second-order valence-electron chi connectivity index (χ2n) is 4.31. The van der Waals surface area contributed by atoms with Gasteiger partial charge in [0.2, 0.25) is 0 Å². The molecule has 2 aromatic rings. The highest BCUT2D eigenvalue weighted by atomic mass is 19.1. The SMILES string of the molecule is CCOc1cc(C(=O)O)ccc1OCc1ccc(F)cc1. The van der Waals surface area contributed by atoms with Gasteiger partial charge in [-0.2, -0.15) is 0 Å². The fourth-order valence-corrected chi connectivity index (χ4v) is 1.77. The van der Waals surface area contributed by atoms with Gasteiger partial charge in [-0.25, -0.2) is 9.18 Å². The van der Waals surface area contributed by atoms with Crippen molar-refractivity contribution in [1.29, 1.82) is 0 Å². The lowest BCUT2D eigenvalue weighted by Gasteiger charge is -2.12. The van der Waals surface area contributed by atoms with E-state index >= 15 is 0 Å². The Morgan fingerprint density at radius 2 is 1.81 bits per heavy atom. The summed E-state index contributed by atoms with van der Waals surface area (Å²) in [6, 6.07) is 10.4. The van der Waals surface area contributed by atoms with Gasteiger partial charge in [-0.15, -0.1) is 0 Å². The van der Waals surface area contributed by atoms with E-state index in [1.54, 1.807) is 25.1 Å². The third-order valence-corrected chi connectivity index (χ3v) is 2.80. The summed E-state index contributed by atoms with van der Waals surface area (Å²) in [5.74, 6) is -0.508. The largest absolute Gasteiger partial charge is 0.490 e. The molecule has 0 unspecified atom stereocenters. The predicted molar refractivity (Wildman–Crippen MR) is 75.3 cm³/mol. The lowest BCUT2D eigenvalue weighted by Crippen LogP contribution is -2.02. The van der Waals surface area contributed by atoms with Crippen LogP contribution in [0, 0.1) is 5.82 Å². The molecule has 0 aliphatic heterocycles. The van der Waals surface area contributed by atoms with Crippen molar-refractivity contribution in [2.45, 2.75) is 13.5 Å². The number of hydrogen-bond acceptors (Lipinski definition) is 3. The minimum absolute atomic E-state index is 0.132. The van der Waals surface area contributed by atoms with E-state index in [0.717, 1.165) is 5.56 Å². The highest BCUT2D eigenvalue weighted by Gasteiger charge is 2.10. The van der Waals surface area contributed by atoms with Crippen LogP contribution in [-0.4, -0.2) is 17.7 Å². The van der Waals surface area contributed by atoms with Crippen LogP contribution in [0.5, 0.6) is 11.5 Å². The maximum atomic E-state index is 12.8. The van der Waals surface area contributed by atoms with Crippen LogP contribution in [0.1, 0.15) is 22.8 Å². The molecule has 110 valence electrons. The highest BCUT2D eigenvalue weighted by Crippen LogP contribution is 2.29. The van der Waals surface area contributed by atoms with E-state index in [0.29, 0.717) is 18.1 Å². The van der Waals surface area contributed by atoms with E-state index in [1.807, 2.05) is 0 Å². The zero-order valence-electron chi connectivity index (χ0n) is 11.5. The van der Waals surface area contributed by atoms with Gasteiger partial charge in [0.15, 0.2) is 11.5 Å². The van der Waals surface area contributed by atoms with E-state index in [2.05, 4.69) is 0 Å². The number of carboxylic acids is 1. The molecule has 0 amide bonds. The summed E-state index contributed by atoms with van der Waals surface area (Å²) < 4.78 is 23.8. The Hall–Kier alpha value is -2.56. The zero-order chi connectivity index (χ0) is 15.2. The van der Waals surface area contributed by atoms with Crippen molar-refractivity contribution in [2.24, 2.45) is 0 Å². The first-order valence-corrected chi connectivity index (χ1v) is 6.47. The normalized spacial score (nSPS) is 10.2. The van der Waals surface area contributed by atoms with E-state index in [-0.39, 0.29) is 18.0 Å². The van der Waals surface area contributed by atoms with Crippen LogP contribution in [0.3, 0.4) is 0 Å². The summed E-state index contributed by atoms with van der Waals surface area (Å²) in [6.07, 6.45) is 0. The first kappa shape index (κ1) is 14.8. The monoisotopic (exact) mass is 290 g/mol. The predicted octanol–water partition coefficient (Wildman–Crippen LogP) is 3.50. The van der Waals surface area contributed by atoms with Crippen LogP contribution in [0.15, 0.2) is 42.5 Å². The summed E-state index contributed by atoms with van der Waals surface area (Å²) >= 11 is 0. The third-order valence-electron chi connectivity index (χ3n) is 2.80. The number of aromatic carboxylic acids is 1. The van der Waals surface area contributed by atoms with Crippen molar-refractivity contribution in [3.8, 4) is 11.5 Å². The van der Waals surface area contributed by atoms with Gasteiger partial charge in [0.05, 0.1) is 12.2 Å². The molecule has 2 aromatic carbocycles. The Kier molecular flexibility index (Phi) is 4.77. The van der Waals surface area contributed by atoms with E-state index < -0.39 is 5.97 Å². The third kappa shape index (κ3) is 3.95. The van der Waals surface area contributed by atoms with Crippen molar-refractivity contribution >= 4 is 5.97 Å². The molecule has 0 aliphatic rings. The van der Waals surface area contributed by atoms with Crippen molar-refractivity contribution in [1.82, 2.24) is 0 Å². The summed E-state index contributed by atoms with van der Waals surface area (Å²) in [5, 5.41) is 8.97. The van der Waals surface area contributed by atoms with Gasteiger partial charge >= 0.3 is 5.97 Å². The van der Waals surface area contributed by atoms with Crippen LogP contribution < -0.4 is 9.47 Å². The second kappa shape index (κ2) is 6.74. The van der Waals surface area contributed by atoms with E-state index in [9.17, 15) is 9.18 Å². The zero-order valence-corrected chi connectivity index (χ0v) is 11.5. The van der Waals surface area contributed by atoms with Gasteiger partial charge in [-0.1, -0.05) is 12.1 Å². The summed E-state index contributed by atoms with van der Waals surface area (Å²) in [6.45, 7) is 2.44. The van der Waals surface area contributed by atoms with Gasteiger partial charge in [0.25, 0.3) is 0 Å². The van der Waals surface area contributed by atoms with Gasteiger partial charge in [0, 0.05) is 0 Å². The Morgan fingerprint density at radius 1 is 1.10 bits per heavy atom. The standard InChI is InChI=1S/C16H15FO4/c1-2-20-15-9-12(16(18)19)5-8-14(15)21-10-11-3-6-13(17)7-4-11/h3-9H,2,10H2,1H3,(H,18,19). The number of hydrogen-bond donors (Lipinski definition) is 1. The maximum absolute atomic E-state index is 12.8. The first-order chi connectivity index (χ1) is 10.1. The number of ether oxygens (including phenoxy) is 2. The van der Waals surface area contributed by atoms with Crippen molar-refractivity contribution < 1.29 is 23.8 Å². The molecular weight excluding hydrogens is 275 g/mol. The molecule has 0 bridgehead atoms. The molecule has 0 saturated heterocycles. The summed E-state index contributed by atoms with van der Waals surface area (Å²) in [5.41, 5.74) is 0.939. The van der Waals surface area contributed by atoms with Gasteiger partial charge in [-0.3, -0.25) is 0 Å². The van der Waals surface area contributed by atoms with Crippen LogP contribution in [0.25, 0.3) is 0 Å². The number of carboxylic acid groups (broad SMARTS) is 1. The van der Waals surface area contributed by atoms with Crippen molar-refractivity contribution in [3.63, 3.8) is 0 Å². The van der Waals surface area contributed by atoms with Gasteiger partial charge in [0.1, 0.15) is 12.4 Å². The fraction of sp³-hybridized carbons (Fsp3) is 0.188. The molecule has 0 aliphatic carbocycles. The Balaban J connectivity index is 2.14. The Morgan fingerprint density at radius 3 is 2.43 bits per heavy atom. The molecule has 21 heavy (non-hydrogen) atoms. The van der Waals surface area contributed by atoms with E-state index in [1.165, 1.54) is 24.3 Å². The molecule has 0 radical (unpaired) electrons. The molecule has 0 spiro atoms. The summed E-state index contributed by atoms with van der Waals surface area (Å²) in [4.78, 5) is 10.9. The molecule has 0 aromatic heterocycles. The molecule has 0 fully saturated rings. The maximum Gasteiger partial charge on any atom is 0.335 e. The molecule has 1 N–H and O–H groups in total. The molecule has 0 atom stereocenters. The molecule has 0 saturated carbocycles. The smallest absolute Gasteiger partial charge is 0.335 e. The number of carbonyl (C=O) groups is 1. The van der Waals surface area contributed by atoms with Gasteiger partial charge < -0.3 is 14.6 Å². The van der Waals surface area contributed by atoms with Crippen molar-refractivity contribution in [2.75, 3.05) is 6.61 Å². The van der Waals surface area contributed by atoms with Crippen LogP contribution in [-0.2, 0) is 6.61 Å². The average Bonchev–Trinajstić information content (AvgIpc) is 2.47. The van der Waals surface area contributed by atoms with E-state index in [4.69, 9.17) is 14.6 Å². The quantitative estimate of drug-likeness (QED) is 0.884. The minimum atomic E-state index is -1.03. The Bertz CT molecular complexity index is 623. The number of benzene rings is 2. The number of halogens is 1. The average molecular weight is 290 g/mol. The second-order valence-corrected chi connectivity index (χ2v) is 4.31. The fourth-order valence-electron chi connectivity index (χ4n) is 1.77. The molecular formula is C16H15FO4. The minimum Gasteiger partial charge on any atom is -0.490 e. The lowest BCUT2D eigenvalue weighted by molar-refractivity contribution is 0.0696.